The van der Waals surface area contributed by atoms with E-state index < -0.39 is 11.9 Å². The van der Waals surface area contributed by atoms with Crippen molar-refractivity contribution >= 4 is 18.0 Å². The van der Waals surface area contributed by atoms with E-state index in [1.54, 1.807) is 32.9 Å². The van der Waals surface area contributed by atoms with Crippen LogP contribution in [-0.4, -0.2) is 22.2 Å². The fourth-order valence-electron chi connectivity index (χ4n) is 0.984. The normalized spacial score (nSPS) is 11.3. The zero-order valence-electron chi connectivity index (χ0n) is 11.3. The molecule has 0 heterocycles. The summed E-state index contributed by atoms with van der Waals surface area (Å²) in [5.41, 5.74) is 1.65. The molecule has 4 nitrogen and oxygen atoms in total. The first-order valence-corrected chi connectivity index (χ1v) is 5.71. The molecule has 0 aromatic heterocycles. The Balaban J connectivity index is 0.000000399. The van der Waals surface area contributed by atoms with Crippen LogP contribution in [0, 0.1) is 0 Å². The summed E-state index contributed by atoms with van der Waals surface area (Å²) in [6.45, 7) is 4.83. The molecule has 19 heavy (non-hydrogen) atoms. The number of rotatable bonds is 3. The highest BCUT2D eigenvalue weighted by Gasteiger charge is 1.98. The van der Waals surface area contributed by atoms with Gasteiger partial charge in [-0.25, -0.2) is 9.59 Å². The smallest absolute Gasteiger partial charge is 0.331 e. The fourth-order valence-corrected chi connectivity index (χ4v) is 0.984. The van der Waals surface area contributed by atoms with Crippen molar-refractivity contribution in [3.8, 4) is 0 Å². The number of allylic oxidation sites excluding steroid dienone is 1. The van der Waals surface area contributed by atoms with Crippen LogP contribution in [-0.2, 0) is 9.59 Å². The van der Waals surface area contributed by atoms with Gasteiger partial charge in [0, 0.05) is 11.1 Å². The molecular formula is C15H18O4. The fraction of sp³-hybridized carbons (Fsp3) is 0.200. The summed E-state index contributed by atoms with van der Waals surface area (Å²) < 4.78 is 0. The first-order chi connectivity index (χ1) is 8.88. The number of carboxylic acids is 2. The SMILES string of the molecule is CC(=Cc1ccccc1)C(=O)O.CC=C(C)C(=O)O. The number of hydrogen-bond donors (Lipinski definition) is 2. The molecule has 1 aromatic rings. The summed E-state index contributed by atoms with van der Waals surface area (Å²) in [4.78, 5) is 20.3. The molecule has 4 heteroatoms. The van der Waals surface area contributed by atoms with E-state index >= 15 is 0 Å². The molecule has 0 bridgehead atoms. The van der Waals surface area contributed by atoms with Gasteiger partial charge in [0.1, 0.15) is 0 Å². The summed E-state index contributed by atoms with van der Waals surface area (Å²) >= 11 is 0. The summed E-state index contributed by atoms with van der Waals surface area (Å²) in [6, 6.07) is 9.38. The van der Waals surface area contributed by atoms with E-state index in [0.29, 0.717) is 11.1 Å². The van der Waals surface area contributed by atoms with E-state index in [-0.39, 0.29) is 0 Å². The highest BCUT2D eigenvalue weighted by atomic mass is 16.4. The first-order valence-electron chi connectivity index (χ1n) is 5.71. The van der Waals surface area contributed by atoms with Crippen molar-refractivity contribution in [2.45, 2.75) is 20.8 Å². The van der Waals surface area contributed by atoms with Gasteiger partial charge in [-0.1, -0.05) is 36.4 Å². The van der Waals surface area contributed by atoms with Crippen molar-refractivity contribution in [1.29, 1.82) is 0 Å². The molecule has 0 aliphatic heterocycles. The Kier molecular flexibility index (Phi) is 7.61. The third-order valence-corrected chi connectivity index (χ3v) is 2.29. The predicted molar refractivity (Wildman–Crippen MR) is 74.8 cm³/mol. The van der Waals surface area contributed by atoms with Gasteiger partial charge in [0.2, 0.25) is 0 Å². The Morgan fingerprint density at radius 3 is 1.74 bits per heavy atom. The molecule has 0 atom stereocenters. The number of aliphatic carboxylic acids is 2. The molecule has 0 radical (unpaired) electrons. The minimum Gasteiger partial charge on any atom is -0.478 e. The average Bonchev–Trinajstić information content (AvgIpc) is 2.39. The molecular weight excluding hydrogens is 244 g/mol. The van der Waals surface area contributed by atoms with Crippen molar-refractivity contribution < 1.29 is 19.8 Å². The molecule has 0 aliphatic rings. The lowest BCUT2D eigenvalue weighted by Gasteiger charge is -1.93. The zero-order valence-corrected chi connectivity index (χ0v) is 11.3. The molecule has 2 N–H and O–H groups in total. The van der Waals surface area contributed by atoms with Gasteiger partial charge in [0.25, 0.3) is 0 Å². The molecule has 0 fully saturated rings. The molecule has 0 unspecified atom stereocenters. The summed E-state index contributed by atoms with van der Waals surface area (Å²) in [5, 5.41) is 16.7. The predicted octanol–water partition coefficient (Wildman–Crippen LogP) is 3.21. The van der Waals surface area contributed by atoms with Gasteiger partial charge >= 0.3 is 11.9 Å². The van der Waals surface area contributed by atoms with Gasteiger partial charge in [-0.2, -0.15) is 0 Å². The van der Waals surface area contributed by atoms with Crippen LogP contribution in [0.15, 0.2) is 47.6 Å². The molecule has 0 amide bonds. The van der Waals surface area contributed by atoms with Gasteiger partial charge in [-0.05, 0) is 32.4 Å². The van der Waals surface area contributed by atoms with Gasteiger partial charge in [0.05, 0.1) is 0 Å². The minimum absolute atomic E-state index is 0.348. The van der Waals surface area contributed by atoms with Crippen molar-refractivity contribution in [2.75, 3.05) is 0 Å². The lowest BCUT2D eigenvalue weighted by molar-refractivity contribution is -0.133. The maximum Gasteiger partial charge on any atom is 0.331 e. The highest BCUT2D eigenvalue weighted by molar-refractivity contribution is 5.91. The van der Waals surface area contributed by atoms with E-state index in [4.69, 9.17) is 10.2 Å². The molecule has 102 valence electrons. The monoisotopic (exact) mass is 262 g/mol. The van der Waals surface area contributed by atoms with Crippen molar-refractivity contribution in [3.05, 3.63) is 53.1 Å². The summed E-state index contributed by atoms with van der Waals surface area (Å²) in [7, 11) is 0. The van der Waals surface area contributed by atoms with Gasteiger partial charge in [-0.3, -0.25) is 0 Å². The van der Waals surface area contributed by atoms with Crippen LogP contribution in [0.2, 0.25) is 0 Å². The van der Waals surface area contributed by atoms with E-state index in [1.807, 2.05) is 30.3 Å². The molecule has 0 aliphatic carbocycles. The van der Waals surface area contributed by atoms with Crippen molar-refractivity contribution in [1.82, 2.24) is 0 Å². The Morgan fingerprint density at radius 1 is 0.947 bits per heavy atom. The van der Waals surface area contributed by atoms with Crippen LogP contribution >= 0.6 is 0 Å². The second kappa shape index (κ2) is 8.69. The van der Waals surface area contributed by atoms with Gasteiger partial charge in [-0.15, -0.1) is 0 Å². The number of hydrogen-bond acceptors (Lipinski definition) is 2. The van der Waals surface area contributed by atoms with Gasteiger partial charge < -0.3 is 10.2 Å². The lowest BCUT2D eigenvalue weighted by Crippen LogP contribution is -1.95. The first kappa shape index (κ1) is 16.6. The number of carboxylic acid groups (broad SMARTS) is 2. The largest absolute Gasteiger partial charge is 0.478 e. The van der Waals surface area contributed by atoms with E-state index in [1.165, 1.54) is 0 Å². The highest BCUT2D eigenvalue weighted by Crippen LogP contribution is 2.05. The summed E-state index contributed by atoms with van der Waals surface area (Å²) in [5.74, 6) is -1.72. The second-order valence-electron chi connectivity index (χ2n) is 3.82. The quantitative estimate of drug-likeness (QED) is 0.820. The number of benzene rings is 1. The van der Waals surface area contributed by atoms with Crippen LogP contribution in [0.1, 0.15) is 26.3 Å². The van der Waals surface area contributed by atoms with Crippen LogP contribution in [0.25, 0.3) is 6.08 Å². The van der Waals surface area contributed by atoms with Crippen LogP contribution < -0.4 is 0 Å². The molecule has 1 rings (SSSR count). The van der Waals surface area contributed by atoms with E-state index in [2.05, 4.69) is 0 Å². The Morgan fingerprint density at radius 2 is 1.42 bits per heavy atom. The van der Waals surface area contributed by atoms with E-state index in [0.717, 1.165) is 5.56 Å². The lowest BCUT2D eigenvalue weighted by atomic mass is 10.1. The maximum absolute atomic E-state index is 10.4. The number of carbonyl (C=O) groups is 2. The minimum atomic E-state index is -0.876. The van der Waals surface area contributed by atoms with Crippen molar-refractivity contribution in [3.63, 3.8) is 0 Å². The topological polar surface area (TPSA) is 74.6 Å². The third kappa shape index (κ3) is 7.54. The van der Waals surface area contributed by atoms with Crippen LogP contribution in [0.4, 0.5) is 0 Å². The molecule has 0 saturated heterocycles. The maximum atomic E-state index is 10.4. The zero-order chi connectivity index (χ0) is 14.8. The average molecular weight is 262 g/mol. The third-order valence-electron chi connectivity index (χ3n) is 2.29. The molecule has 1 aromatic carbocycles. The Hall–Kier alpha value is -2.36. The van der Waals surface area contributed by atoms with Crippen LogP contribution in [0.3, 0.4) is 0 Å². The Bertz CT molecular complexity index is 484. The summed E-state index contributed by atoms with van der Waals surface area (Å²) in [6.07, 6.45) is 3.20. The second-order valence-corrected chi connectivity index (χ2v) is 3.82. The van der Waals surface area contributed by atoms with Gasteiger partial charge in [0.15, 0.2) is 0 Å². The van der Waals surface area contributed by atoms with E-state index in [9.17, 15) is 9.59 Å². The Labute approximate surface area is 112 Å². The molecule has 0 saturated carbocycles. The van der Waals surface area contributed by atoms with Crippen molar-refractivity contribution in [2.24, 2.45) is 0 Å². The van der Waals surface area contributed by atoms with Crippen LogP contribution in [0.5, 0.6) is 0 Å². The molecule has 0 spiro atoms. The standard InChI is InChI=1S/C10H10O2.C5H8O2/c1-8(10(11)12)7-9-5-3-2-4-6-9;1-3-4(2)5(6)7/h2-7H,1H3,(H,11,12);3H,1-2H3,(H,6,7).